The number of hydrogen-bond donors (Lipinski definition) is 3. The van der Waals surface area contributed by atoms with E-state index in [9.17, 15) is 18.0 Å². The topological polar surface area (TPSA) is 122 Å². The van der Waals surface area contributed by atoms with Crippen molar-refractivity contribution in [2.45, 2.75) is 30.4 Å². The van der Waals surface area contributed by atoms with Gasteiger partial charge in [0.25, 0.3) is 5.91 Å². The van der Waals surface area contributed by atoms with E-state index in [1.54, 1.807) is 13.2 Å². The molecule has 0 fully saturated rings. The number of rotatable bonds is 7. The molecular weight excluding hydrogens is 356 g/mol. The molecule has 0 bridgehead atoms. The van der Waals surface area contributed by atoms with Gasteiger partial charge in [-0.25, -0.2) is 8.42 Å². The van der Waals surface area contributed by atoms with E-state index in [0.29, 0.717) is 11.5 Å². The van der Waals surface area contributed by atoms with Crippen LogP contribution in [0, 0.1) is 0 Å². The molecule has 0 saturated carbocycles. The molecule has 0 aliphatic carbocycles. The quantitative estimate of drug-likeness (QED) is 0.648. The number of fused-ring (bicyclic) bond motifs is 1. The van der Waals surface area contributed by atoms with E-state index in [0.717, 1.165) is 0 Å². The van der Waals surface area contributed by atoms with Crippen molar-refractivity contribution in [2.75, 3.05) is 17.3 Å². The highest BCUT2D eigenvalue weighted by molar-refractivity contribution is 7.98. The fourth-order valence-corrected chi connectivity index (χ4v) is 3.80. The van der Waals surface area contributed by atoms with Gasteiger partial charge in [-0.15, -0.1) is 0 Å². The summed E-state index contributed by atoms with van der Waals surface area (Å²) in [4.78, 5) is 22.7. The largest absolute Gasteiger partial charge is 0.480 e. The van der Waals surface area contributed by atoms with E-state index in [4.69, 9.17) is 9.84 Å². The molecule has 132 valence electrons. The van der Waals surface area contributed by atoms with Crippen LogP contribution in [0.4, 0.5) is 5.69 Å². The minimum Gasteiger partial charge on any atom is -0.480 e. The van der Waals surface area contributed by atoms with Gasteiger partial charge in [-0.2, -0.15) is 16.5 Å². The van der Waals surface area contributed by atoms with Crippen LogP contribution in [0.1, 0.15) is 13.3 Å². The van der Waals surface area contributed by atoms with E-state index >= 15 is 0 Å². The van der Waals surface area contributed by atoms with Crippen molar-refractivity contribution in [3.63, 3.8) is 0 Å². The lowest BCUT2D eigenvalue weighted by molar-refractivity contribution is -0.139. The monoisotopic (exact) mass is 374 g/mol. The van der Waals surface area contributed by atoms with Gasteiger partial charge in [0.2, 0.25) is 10.0 Å². The molecule has 10 heteroatoms. The van der Waals surface area contributed by atoms with Gasteiger partial charge in [0, 0.05) is 0 Å². The second-order valence-electron chi connectivity index (χ2n) is 5.20. The molecule has 1 aromatic rings. The molecule has 2 atom stereocenters. The highest BCUT2D eigenvalue weighted by atomic mass is 32.2. The molecule has 1 heterocycles. The standard InChI is InChI=1S/C14H18N2O6S2/c1-8-13(17)15-11-7-9(3-4-12(11)22-8)24(20,21)16-10(14(18)19)5-6-23-2/h3-4,7-8,10,16H,5-6H2,1-2H3,(H,15,17)(H,18,19)/t8-,10+/m0/s1. The summed E-state index contributed by atoms with van der Waals surface area (Å²) in [6.45, 7) is 1.58. The third kappa shape index (κ3) is 4.19. The zero-order valence-electron chi connectivity index (χ0n) is 13.1. The minimum absolute atomic E-state index is 0.143. The molecule has 24 heavy (non-hydrogen) atoms. The van der Waals surface area contributed by atoms with Crippen molar-refractivity contribution in [2.24, 2.45) is 0 Å². The third-order valence-electron chi connectivity index (χ3n) is 3.40. The van der Waals surface area contributed by atoms with E-state index in [-0.39, 0.29) is 22.9 Å². The first-order valence-corrected chi connectivity index (χ1v) is 9.98. The van der Waals surface area contributed by atoms with E-state index in [1.807, 2.05) is 0 Å². The number of amides is 1. The van der Waals surface area contributed by atoms with Crippen LogP contribution in [0.25, 0.3) is 0 Å². The smallest absolute Gasteiger partial charge is 0.321 e. The van der Waals surface area contributed by atoms with Gasteiger partial charge >= 0.3 is 5.97 Å². The first-order chi connectivity index (χ1) is 11.2. The normalized spacial score (nSPS) is 18.2. The van der Waals surface area contributed by atoms with Crippen molar-refractivity contribution in [3.8, 4) is 5.75 Å². The first kappa shape index (κ1) is 18.6. The number of ether oxygens (including phenoxy) is 1. The van der Waals surface area contributed by atoms with Crippen LogP contribution in [0.2, 0.25) is 0 Å². The van der Waals surface area contributed by atoms with Gasteiger partial charge in [0.05, 0.1) is 10.6 Å². The Bertz CT molecular complexity index is 750. The number of benzene rings is 1. The highest BCUT2D eigenvalue weighted by Crippen LogP contribution is 2.31. The number of hydrogen-bond acceptors (Lipinski definition) is 6. The van der Waals surface area contributed by atoms with Crippen LogP contribution in [-0.4, -0.2) is 49.6 Å². The second-order valence-corrected chi connectivity index (χ2v) is 7.90. The first-order valence-electron chi connectivity index (χ1n) is 7.10. The van der Waals surface area contributed by atoms with E-state index in [2.05, 4.69) is 10.0 Å². The number of carboxylic acid groups (broad SMARTS) is 1. The zero-order valence-corrected chi connectivity index (χ0v) is 14.7. The molecule has 2 rings (SSSR count). The Hall–Kier alpha value is -1.78. The number of carboxylic acids is 1. The maximum Gasteiger partial charge on any atom is 0.321 e. The van der Waals surface area contributed by atoms with Gasteiger partial charge in [-0.05, 0) is 43.6 Å². The summed E-state index contributed by atoms with van der Waals surface area (Å²) < 4.78 is 32.4. The van der Waals surface area contributed by atoms with Crippen molar-refractivity contribution in [3.05, 3.63) is 18.2 Å². The van der Waals surface area contributed by atoms with E-state index < -0.39 is 28.1 Å². The van der Waals surface area contributed by atoms with Gasteiger partial charge in [0.15, 0.2) is 6.10 Å². The van der Waals surface area contributed by atoms with Crippen LogP contribution in [0.3, 0.4) is 0 Å². The van der Waals surface area contributed by atoms with Gasteiger partial charge < -0.3 is 15.2 Å². The lowest BCUT2D eigenvalue weighted by Gasteiger charge is -2.23. The van der Waals surface area contributed by atoms with Gasteiger partial charge in [-0.3, -0.25) is 9.59 Å². The maximum atomic E-state index is 12.4. The summed E-state index contributed by atoms with van der Waals surface area (Å²) in [6.07, 6.45) is 1.31. The van der Waals surface area contributed by atoms with Crippen LogP contribution < -0.4 is 14.8 Å². The molecule has 3 N–H and O–H groups in total. The van der Waals surface area contributed by atoms with Crippen LogP contribution >= 0.6 is 11.8 Å². The Kier molecular flexibility index (Phi) is 5.73. The summed E-state index contributed by atoms with van der Waals surface area (Å²) in [6, 6.07) is 2.76. The molecule has 8 nitrogen and oxygen atoms in total. The number of thioether (sulfide) groups is 1. The Morgan fingerprint density at radius 3 is 2.83 bits per heavy atom. The summed E-state index contributed by atoms with van der Waals surface area (Å²) >= 11 is 1.43. The lowest BCUT2D eigenvalue weighted by atomic mass is 10.2. The predicted octanol–water partition coefficient (Wildman–Crippen LogP) is 0.891. The molecule has 0 aromatic heterocycles. The highest BCUT2D eigenvalue weighted by Gasteiger charge is 2.28. The van der Waals surface area contributed by atoms with Crippen molar-refractivity contribution >= 4 is 39.3 Å². The van der Waals surface area contributed by atoms with Gasteiger partial charge in [-0.1, -0.05) is 0 Å². The number of carbonyl (C=O) groups excluding carboxylic acids is 1. The molecule has 0 unspecified atom stereocenters. The molecule has 1 aliphatic rings. The molecule has 1 aromatic carbocycles. The number of carbonyl (C=O) groups is 2. The zero-order chi connectivity index (χ0) is 17.9. The molecular formula is C14H18N2O6S2. The van der Waals surface area contributed by atoms with Crippen LogP contribution in [0.15, 0.2) is 23.1 Å². The molecule has 0 spiro atoms. The SMILES string of the molecule is CSCC[C@@H](NS(=O)(=O)c1ccc2c(c1)NC(=O)[C@H](C)O2)C(=O)O. The number of aliphatic carboxylic acids is 1. The second kappa shape index (κ2) is 7.41. The van der Waals surface area contributed by atoms with Crippen molar-refractivity contribution < 1.29 is 27.9 Å². The average Bonchev–Trinajstić information content (AvgIpc) is 2.51. The Morgan fingerprint density at radius 2 is 2.21 bits per heavy atom. The summed E-state index contributed by atoms with van der Waals surface area (Å²) in [7, 11) is -4.05. The van der Waals surface area contributed by atoms with Crippen LogP contribution in [0.5, 0.6) is 5.75 Å². The molecule has 0 radical (unpaired) electrons. The predicted molar refractivity (Wildman–Crippen MR) is 89.9 cm³/mol. The average molecular weight is 374 g/mol. The minimum atomic E-state index is -4.05. The van der Waals surface area contributed by atoms with E-state index in [1.165, 1.54) is 30.0 Å². The Labute approximate surface area is 144 Å². The summed E-state index contributed by atoms with van der Waals surface area (Å²) in [5, 5.41) is 11.7. The molecule has 0 saturated heterocycles. The number of nitrogens with one attached hydrogen (secondary N) is 2. The van der Waals surface area contributed by atoms with Gasteiger partial charge in [0.1, 0.15) is 11.8 Å². The third-order valence-corrected chi connectivity index (χ3v) is 5.51. The fraction of sp³-hybridized carbons (Fsp3) is 0.429. The summed E-state index contributed by atoms with van der Waals surface area (Å²) in [5.74, 6) is -0.756. The van der Waals surface area contributed by atoms with Crippen LogP contribution in [-0.2, 0) is 19.6 Å². The maximum absolute atomic E-state index is 12.4. The molecule has 1 amide bonds. The lowest BCUT2D eigenvalue weighted by Crippen LogP contribution is -2.41. The number of sulfonamides is 1. The summed E-state index contributed by atoms with van der Waals surface area (Å²) in [5.41, 5.74) is 0.233. The Balaban J connectivity index is 2.25. The number of anilines is 1. The van der Waals surface area contributed by atoms with Crippen molar-refractivity contribution in [1.29, 1.82) is 0 Å². The molecule has 1 aliphatic heterocycles. The van der Waals surface area contributed by atoms with Crippen molar-refractivity contribution in [1.82, 2.24) is 4.72 Å². The fourth-order valence-electron chi connectivity index (χ4n) is 2.08. The Morgan fingerprint density at radius 1 is 1.50 bits per heavy atom.